The van der Waals surface area contributed by atoms with Crippen molar-refractivity contribution in [3.8, 4) is 22.4 Å². The summed E-state index contributed by atoms with van der Waals surface area (Å²) in [5.41, 5.74) is 3.25. The van der Waals surface area contributed by atoms with Gasteiger partial charge in [0.25, 0.3) is 0 Å². The van der Waals surface area contributed by atoms with Crippen molar-refractivity contribution >= 4 is 34.8 Å². The molecular weight excluding hydrogens is 327 g/mol. The Hall–Kier alpha value is -1.61. The Morgan fingerprint density at radius 2 is 1.33 bits per heavy atom. The second-order valence-corrected chi connectivity index (χ2v) is 5.51. The minimum absolute atomic E-state index is 0.122. The van der Waals surface area contributed by atoms with E-state index in [-0.39, 0.29) is 5.28 Å². The maximum atomic E-state index is 6.29. The average Bonchev–Trinajstić information content (AvgIpc) is 2.49. The van der Waals surface area contributed by atoms with Gasteiger partial charge in [0.1, 0.15) is 5.15 Å². The molecule has 3 aromatic rings. The number of hydrogen-bond donors (Lipinski definition) is 0. The predicted molar refractivity (Wildman–Crippen MR) is 87.9 cm³/mol. The molecule has 0 saturated carbocycles. The Morgan fingerprint density at radius 3 is 2.00 bits per heavy atom. The maximum Gasteiger partial charge on any atom is 0.224 e. The summed E-state index contributed by atoms with van der Waals surface area (Å²) in [6, 6.07) is 17.1. The highest BCUT2D eigenvalue weighted by Crippen LogP contribution is 2.36. The van der Waals surface area contributed by atoms with E-state index >= 15 is 0 Å². The average molecular weight is 336 g/mol. The highest BCUT2D eigenvalue weighted by molar-refractivity contribution is 6.34. The number of benzene rings is 2. The van der Waals surface area contributed by atoms with Crippen LogP contribution >= 0.6 is 34.8 Å². The van der Waals surface area contributed by atoms with Gasteiger partial charge in [-0.1, -0.05) is 65.7 Å². The zero-order valence-corrected chi connectivity index (χ0v) is 13.0. The van der Waals surface area contributed by atoms with E-state index in [4.69, 9.17) is 34.8 Å². The topological polar surface area (TPSA) is 25.8 Å². The van der Waals surface area contributed by atoms with Crippen molar-refractivity contribution in [3.63, 3.8) is 0 Å². The van der Waals surface area contributed by atoms with Crippen LogP contribution in [0.4, 0.5) is 0 Å². The lowest BCUT2D eigenvalue weighted by atomic mass is 10.0. The van der Waals surface area contributed by atoms with E-state index in [1.54, 1.807) is 12.1 Å². The third kappa shape index (κ3) is 3.03. The van der Waals surface area contributed by atoms with E-state index in [9.17, 15) is 0 Å². The lowest BCUT2D eigenvalue weighted by Crippen LogP contribution is -1.94. The number of hydrogen-bond acceptors (Lipinski definition) is 2. The molecule has 0 aliphatic carbocycles. The molecule has 0 atom stereocenters. The molecule has 5 heteroatoms. The van der Waals surface area contributed by atoms with Crippen molar-refractivity contribution in [2.75, 3.05) is 0 Å². The van der Waals surface area contributed by atoms with Crippen LogP contribution in [0.2, 0.25) is 15.5 Å². The van der Waals surface area contributed by atoms with Gasteiger partial charge in [-0.15, -0.1) is 0 Å². The first-order chi connectivity index (χ1) is 10.1. The van der Waals surface area contributed by atoms with Crippen LogP contribution in [0.25, 0.3) is 22.4 Å². The summed E-state index contributed by atoms with van der Waals surface area (Å²) in [5.74, 6) is 0. The minimum Gasteiger partial charge on any atom is -0.217 e. The first kappa shape index (κ1) is 14.3. The first-order valence-corrected chi connectivity index (χ1v) is 7.33. The van der Waals surface area contributed by atoms with E-state index in [0.29, 0.717) is 15.9 Å². The normalized spacial score (nSPS) is 10.6. The van der Waals surface area contributed by atoms with Crippen molar-refractivity contribution in [3.05, 3.63) is 70.1 Å². The molecule has 0 amide bonds. The van der Waals surface area contributed by atoms with E-state index in [1.165, 1.54) is 0 Å². The Kier molecular flexibility index (Phi) is 4.11. The Morgan fingerprint density at radius 1 is 0.667 bits per heavy atom. The zero-order valence-electron chi connectivity index (χ0n) is 10.7. The fourth-order valence-electron chi connectivity index (χ4n) is 2.09. The van der Waals surface area contributed by atoms with E-state index < -0.39 is 0 Å². The van der Waals surface area contributed by atoms with Crippen molar-refractivity contribution in [2.45, 2.75) is 0 Å². The standard InChI is InChI=1S/C16H9Cl3N2/c17-12-8-6-10(7-9-12)13-14(11-4-2-1-3-5-11)20-16(19)21-15(13)18/h1-9H. The van der Waals surface area contributed by atoms with Gasteiger partial charge in [0.05, 0.1) is 5.69 Å². The SMILES string of the molecule is Clc1ccc(-c2c(Cl)nc(Cl)nc2-c2ccccc2)cc1. The molecule has 0 radical (unpaired) electrons. The van der Waals surface area contributed by atoms with Gasteiger partial charge in [0, 0.05) is 16.1 Å². The van der Waals surface area contributed by atoms with Crippen LogP contribution in [0, 0.1) is 0 Å². The van der Waals surface area contributed by atoms with Gasteiger partial charge >= 0.3 is 0 Å². The summed E-state index contributed by atoms with van der Waals surface area (Å²) in [6.45, 7) is 0. The van der Waals surface area contributed by atoms with Crippen molar-refractivity contribution < 1.29 is 0 Å². The molecule has 0 aliphatic rings. The zero-order chi connectivity index (χ0) is 14.8. The van der Waals surface area contributed by atoms with Crippen LogP contribution in [0.5, 0.6) is 0 Å². The van der Waals surface area contributed by atoms with Crippen molar-refractivity contribution in [1.29, 1.82) is 0 Å². The van der Waals surface area contributed by atoms with Crippen molar-refractivity contribution in [2.24, 2.45) is 0 Å². The fraction of sp³-hybridized carbons (Fsp3) is 0. The van der Waals surface area contributed by atoms with Crippen LogP contribution in [-0.4, -0.2) is 9.97 Å². The third-order valence-corrected chi connectivity index (χ3v) is 3.71. The molecule has 2 nitrogen and oxygen atoms in total. The largest absolute Gasteiger partial charge is 0.224 e. The summed E-state index contributed by atoms with van der Waals surface area (Å²) in [4.78, 5) is 8.39. The lowest BCUT2D eigenvalue weighted by molar-refractivity contribution is 1.17. The smallest absolute Gasteiger partial charge is 0.217 e. The molecular formula is C16H9Cl3N2. The summed E-state index contributed by atoms with van der Waals surface area (Å²) >= 11 is 18.2. The number of rotatable bonds is 2. The molecule has 0 saturated heterocycles. The summed E-state index contributed by atoms with van der Waals surface area (Å²) in [6.07, 6.45) is 0. The molecule has 0 aliphatic heterocycles. The molecule has 0 unspecified atom stereocenters. The van der Waals surface area contributed by atoms with Gasteiger partial charge in [-0.25, -0.2) is 9.97 Å². The Labute approximate surface area is 137 Å². The summed E-state index contributed by atoms with van der Waals surface area (Å²) in [7, 11) is 0. The highest BCUT2D eigenvalue weighted by Gasteiger charge is 2.15. The second-order valence-electron chi connectivity index (χ2n) is 4.38. The predicted octanol–water partition coefficient (Wildman–Crippen LogP) is 5.77. The van der Waals surface area contributed by atoms with E-state index in [0.717, 1.165) is 16.7 Å². The second kappa shape index (κ2) is 6.02. The van der Waals surface area contributed by atoms with Crippen LogP contribution in [-0.2, 0) is 0 Å². The number of aromatic nitrogens is 2. The molecule has 104 valence electrons. The number of halogens is 3. The van der Waals surface area contributed by atoms with Gasteiger partial charge in [-0.2, -0.15) is 0 Å². The molecule has 0 fully saturated rings. The highest BCUT2D eigenvalue weighted by atomic mass is 35.5. The minimum atomic E-state index is 0.122. The molecule has 21 heavy (non-hydrogen) atoms. The van der Waals surface area contributed by atoms with Crippen LogP contribution in [0.1, 0.15) is 0 Å². The summed E-state index contributed by atoms with van der Waals surface area (Å²) in [5, 5.41) is 1.10. The molecule has 0 bridgehead atoms. The first-order valence-electron chi connectivity index (χ1n) is 6.19. The van der Waals surface area contributed by atoms with Gasteiger partial charge in [-0.3, -0.25) is 0 Å². The quantitative estimate of drug-likeness (QED) is 0.439. The van der Waals surface area contributed by atoms with Gasteiger partial charge in [0.2, 0.25) is 5.28 Å². The van der Waals surface area contributed by atoms with Gasteiger partial charge in [-0.05, 0) is 29.3 Å². The Balaban J connectivity index is 2.26. The van der Waals surface area contributed by atoms with E-state index in [1.807, 2.05) is 42.5 Å². The Bertz CT molecular complexity index is 772. The molecule has 2 aromatic carbocycles. The van der Waals surface area contributed by atoms with Crippen molar-refractivity contribution in [1.82, 2.24) is 9.97 Å². The lowest BCUT2D eigenvalue weighted by Gasteiger charge is -2.11. The molecule has 3 rings (SSSR count). The van der Waals surface area contributed by atoms with E-state index in [2.05, 4.69) is 9.97 Å². The molecule has 0 spiro atoms. The number of nitrogens with zero attached hydrogens (tertiary/aromatic N) is 2. The van der Waals surface area contributed by atoms with Crippen LogP contribution < -0.4 is 0 Å². The molecule has 1 aromatic heterocycles. The summed E-state index contributed by atoms with van der Waals surface area (Å²) < 4.78 is 0. The van der Waals surface area contributed by atoms with Crippen LogP contribution in [0.3, 0.4) is 0 Å². The fourth-order valence-corrected chi connectivity index (χ4v) is 2.70. The van der Waals surface area contributed by atoms with Crippen LogP contribution in [0.15, 0.2) is 54.6 Å². The van der Waals surface area contributed by atoms with Gasteiger partial charge < -0.3 is 0 Å². The monoisotopic (exact) mass is 334 g/mol. The molecule has 1 heterocycles. The maximum absolute atomic E-state index is 6.29. The molecule has 0 N–H and O–H groups in total. The third-order valence-electron chi connectivity index (χ3n) is 3.02. The van der Waals surface area contributed by atoms with Gasteiger partial charge in [0.15, 0.2) is 0 Å².